The summed E-state index contributed by atoms with van der Waals surface area (Å²) >= 11 is 0. The highest BCUT2D eigenvalue weighted by molar-refractivity contribution is 5.63. The molecule has 6 heteroatoms. The van der Waals surface area contributed by atoms with E-state index in [1.54, 1.807) is 0 Å². The van der Waals surface area contributed by atoms with Crippen LogP contribution in [0.2, 0.25) is 0 Å². The number of aromatic nitrogens is 2. The Morgan fingerprint density at radius 2 is 1.79 bits per heavy atom. The number of carboxylic acid groups (broad SMARTS) is 1. The van der Waals surface area contributed by atoms with Crippen LogP contribution in [0.1, 0.15) is 35.9 Å². The van der Waals surface area contributed by atoms with E-state index in [-0.39, 0.29) is 0 Å². The van der Waals surface area contributed by atoms with Crippen molar-refractivity contribution in [3.05, 3.63) is 89.4 Å². The van der Waals surface area contributed by atoms with E-state index in [2.05, 4.69) is 40.3 Å². The molecular formula is C28H28N2O4. The lowest BCUT2D eigenvalue weighted by atomic mass is 10.1. The van der Waals surface area contributed by atoms with Gasteiger partial charge < -0.3 is 14.3 Å². The van der Waals surface area contributed by atoms with E-state index in [4.69, 9.17) is 19.1 Å². The van der Waals surface area contributed by atoms with Crippen molar-refractivity contribution in [2.75, 3.05) is 6.61 Å². The summed E-state index contributed by atoms with van der Waals surface area (Å²) in [6.45, 7) is 3.61. The number of oxazole rings is 1. The molecule has 1 aliphatic carbocycles. The van der Waals surface area contributed by atoms with E-state index in [0.717, 1.165) is 47.4 Å². The summed E-state index contributed by atoms with van der Waals surface area (Å²) in [7, 11) is 0. The summed E-state index contributed by atoms with van der Waals surface area (Å²) in [6.07, 6.45) is 6.13. The topological polar surface area (TPSA) is 85.5 Å². The van der Waals surface area contributed by atoms with E-state index in [9.17, 15) is 0 Å². The first-order chi connectivity index (χ1) is 16.5. The fourth-order valence-corrected chi connectivity index (χ4v) is 3.99. The molecule has 2 aromatic carbocycles. The van der Waals surface area contributed by atoms with Crippen molar-refractivity contribution in [3.63, 3.8) is 0 Å². The van der Waals surface area contributed by atoms with Crippen molar-refractivity contribution in [1.82, 2.24) is 9.97 Å². The summed E-state index contributed by atoms with van der Waals surface area (Å²) in [5.74, 6) is 1.54. The molecule has 4 aromatic rings. The van der Waals surface area contributed by atoms with E-state index < -0.39 is 5.97 Å². The Kier molecular flexibility index (Phi) is 7.38. The molecule has 0 amide bonds. The van der Waals surface area contributed by atoms with Crippen LogP contribution in [-0.2, 0) is 24.1 Å². The van der Waals surface area contributed by atoms with Crippen LogP contribution in [0.15, 0.2) is 71.3 Å². The predicted molar refractivity (Wildman–Crippen MR) is 131 cm³/mol. The SMILES string of the molecule is CC(=O)O.Cc1oc(-c2ccc(-c3ccccc3)nc2)nc1CCOc1ccc2c(c1)CCC2. The Labute approximate surface area is 199 Å². The Hall–Kier alpha value is -3.93. The van der Waals surface area contributed by atoms with Crippen LogP contribution in [0.3, 0.4) is 0 Å². The number of carboxylic acids is 1. The first-order valence-corrected chi connectivity index (χ1v) is 11.4. The molecule has 2 aromatic heterocycles. The summed E-state index contributed by atoms with van der Waals surface area (Å²) in [4.78, 5) is 18.3. The van der Waals surface area contributed by atoms with Gasteiger partial charge in [0.2, 0.25) is 5.89 Å². The second kappa shape index (κ2) is 10.8. The van der Waals surface area contributed by atoms with E-state index in [1.165, 1.54) is 24.0 Å². The summed E-state index contributed by atoms with van der Waals surface area (Å²) < 4.78 is 11.9. The third-order valence-electron chi connectivity index (χ3n) is 5.65. The maximum Gasteiger partial charge on any atom is 0.300 e. The second-order valence-corrected chi connectivity index (χ2v) is 8.22. The van der Waals surface area contributed by atoms with Crippen molar-refractivity contribution in [1.29, 1.82) is 0 Å². The van der Waals surface area contributed by atoms with E-state index >= 15 is 0 Å². The van der Waals surface area contributed by atoms with Gasteiger partial charge in [-0.2, -0.15) is 0 Å². The minimum atomic E-state index is -0.833. The van der Waals surface area contributed by atoms with Crippen LogP contribution in [0, 0.1) is 6.92 Å². The van der Waals surface area contributed by atoms with Crippen LogP contribution >= 0.6 is 0 Å². The normalized spacial score (nSPS) is 11.9. The molecule has 0 bridgehead atoms. The maximum absolute atomic E-state index is 9.00. The summed E-state index contributed by atoms with van der Waals surface area (Å²) in [6, 6.07) is 20.6. The lowest BCUT2D eigenvalue weighted by Gasteiger charge is -2.07. The van der Waals surface area contributed by atoms with Crippen molar-refractivity contribution >= 4 is 5.97 Å². The highest BCUT2D eigenvalue weighted by Crippen LogP contribution is 2.27. The van der Waals surface area contributed by atoms with Crippen LogP contribution in [0.4, 0.5) is 0 Å². The average molecular weight is 457 g/mol. The van der Waals surface area contributed by atoms with Gasteiger partial charge in [-0.15, -0.1) is 0 Å². The van der Waals surface area contributed by atoms with Crippen molar-refractivity contribution < 1.29 is 19.1 Å². The van der Waals surface area contributed by atoms with Gasteiger partial charge in [0.25, 0.3) is 5.97 Å². The molecule has 0 saturated heterocycles. The zero-order valence-electron chi connectivity index (χ0n) is 19.5. The van der Waals surface area contributed by atoms with Gasteiger partial charge in [0.1, 0.15) is 11.5 Å². The van der Waals surface area contributed by atoms with Gasteiger partial charge in [-0.25, -0.2) is 4.98 Å². The first-order valence-electron chi connectivity index (χ1n) is 11.4. The number of hydrogen-bond donors (Lipinski definition) is 1. The Morgan fingerprint density at radius 1 is 1.03 bits per heavy atom. The molecule has 34 heavy (non-hydrogen) atoms. The van der Waals surface area contributed by atoms with Crippen LogP contribution in [0.5, 0.6) is 5.75 Å². The van der Waals surface area contributed by atoms with Crippen molar-refractivity contribution in [2.45, 2.75) is 39.5 Å². The average Bonchev–Trinajstić information content (AvgIpc) is 3.46. The highest BCUT2D eigenvalue weighted by atomic mass is 16.5. The molecule has 0 saturated carbocycles. The Balaban J connectivity index is 0.000000636. The molecule has 0 unspecified atom stereocenters. The lowest BCUT2D eigenvalue weighted by Crippen LogP contribution is -2.03. The number of benzene rings is 2. The van der Waals surface area contributed by atoms with E-state index in [0.29, 0.717) is 18.9 Å². The molecule has 0 aliphatic heterocycles. The van der Waals surface area contributed by atoms with Gasteiger partial charge in [-0.05, 0) is 61.6 Å². The molecule has 0 radical (unpaired) electrons. The number of aliphatic carboxylic acids is 1. The van der Waals surface area contributed by atoms with Crippen molar-refractivity contribution in [3.8, 4) is 28.5 Å². The predicted octanol–water partition coefficient (Wildman–Crippen LogP) is 5.91. The van der Waals surface area contributed by atoms with Crippen LogP contribution in [-0.4, -0.2) is 27.7 Å². The number of ether oxygens (including phenoxy) is 1. The molecule has 1 aliphatic rings. The van der Waals surface area contributed by atoms with Gasteiger partial charge >= 0.3 is 0 Å². The van der Waals surface area contributed by atoms with Crippen molar-refractivity contribution in [2.24, 2.45) is 0 Å². The minimum Gasteiger partial charge on any atom is -0.493 e. The largest absolute Gasteiger partial charge is 0.493 e. The van der Waals surface area contributed by atoms with Gasteiger partial charge in [0, 0.05) is 25.1 Å². The summed E-state index contributed by atoms with van der Waals surface area (Å²) in [5.41, 5.74) is 6.73. The minimum absolute atomic E-state index is 0.580. The zero-order chi connectivity index (χ0) is 23.9. The summed E-state index contributed by atoms with van der Waals surface area (Å²) in [5, 5.41) is 7.42. The molecule has 0 atom stereocenters. The number of carbonyl (C=O) groups is 1. The number of rotatable bonds is 6. The molecule has 0 spiro atoms. The smallest absolute Gasteiger partial charge is 0.300 e. The zero-order valence-corrected chi connectivity index (χ0v) is 19.5. The third-order valence-corrected chi connectivity index (χ3v) is 5.65. The second-order valence-electron chi connectivity index (χ2n) is 8.22. The Morgan fingerprint density at radius 3 is 2.53 bits per heavy atom. The van der Waals surface area contributed by atoms with E-state index in [1.807, 2.05) is 43.5 Å². The van der Waals surface area contributed by atoms with Gasteiger partial charge in [0.05, 0.1) is 23.6 Å². The third kappa shape index (κ3) is 5.90. The quantitative estimate of drug-likeness (QED) is 0.388. The number of aryl methyl sites for hydroxylation is 3. The molecule has 2 heterocycles. The monoisotopic (exact) mass is 456 g/mol. The standard InChI is InChI=1S/C26H24N2O2.C2H4O2/c1-18-24(14-15-29-23-12-10-19-8-5-9-21(19)16-23)28-26(30-18)22-11-13-25(27-17-22)20-6-3-2-4-7-20;1-2(3)4/h2-4,6-7,10-13,16-17H,5,8-9,14-15H2,1H3;1H3,(H,3,4). The molecule has 1 N–H and O–H groups in total. The number of hydrogen-bond acceptors (Lipinski definition) is 5. The van der Waals surface area contributed by atoms with Crippen LogP contribution < -0.4 is 4.74 Å². The van der Waals surface area contributed by atoms with Crippen LogP contribution in [0.25, 0.3) is 22.7 Å². The molecule has 5 rings (SSSR count). The fraction of sp³-hybridized carbons (Fsp3) is 0.250. The highest BCUT2D eigenvalue weighted by Gasteiger charge is 2.14. The lowest BCUT2D eigenvalue weighted by molar-refractivity contribution is -0.134. The molecule has 0 fully saturated rings. The Bertz CT molecular complexity index is 1240. The number of nitrogens with zero attached hydrogens (tertiary/aromatic N) is 2. The first kappa shape index (κ1) is 23.2. The molecular weight excluding hydrogens is 428 g/mol. The molecule has 6 nitrogen and oxygen atoms in total. The molecule has 174 valence electrons. The maximum atomic E-state index is 9.00. The fourth-order valence-electron chi connectivity index (χ4n) is 3.99. The van der Waals surface area contributed by atoms with Gasteiger partial charge in [-0.1, -0.05) is 36.4 Å². The van der Waals surface area contributed by atoms with Gasteiger partial charge in [-0.3, -0.25) is 9.78 Å². The number of fused-ring (bicyclic) bond motifs is 1. The van der Waals surface area contributed by atoms with Gasteiger partial charge in [0.15, 0.2) is 0 Å². The number of pyridine rings is 1.